The molecule has 1 aliphatic carbocycles. The van der Waals surface area contributed by atoms with Crippen LogP contribution >= 0.6 is 0 Å². The molecule has 19 heavy (non-hydrogen) atoms. The zero-order valence-corrected chi connectivity index (χ0v) is 11.2. The number of aryl methyl sites for hydroxylation is 1. The maximum Gasteiger partial charge on any atom is 0.303 e. The molecule has 2 aromatic rings. The third-order valence-electron chi connectivity index (χ3n) is 4.46. The van der Waals surface area contributed by atoms with Crippen molar-refractivity contribution in [1.82, 2.24) is 4.98 Å². The van der Waals surface area contributed by atoms with Gasteiger partial charge in [0, 0.05) is 28.4 Å². The number of benzene rings is 1. The molecule has 1 atom stereocenters. The molecular weight excluding hydrogens is 238 g/mol. The second kappa shape index (κ2) is 4.41. The van der Waals surface area contributed by atoms with E-state index in [1.165, 1.54) is 22.2 Å². The molecule has 0 fully saturated rings. The minimum atomic E-state index is -0.704. The average Bonchev–Trinajstić information content (AvgIpc) is 2.78. The van der Waals surface area contributed by atoms with Crippen LogP contribution < -0.4 is 0 Å². The Labute approximate surface area is 112 Å². The molecular formula is C16H19NO2. The number of aliphatic carboxylic acids is 1. The Balaban J connectivity index is 2.06. The summed E-state index contributed by atoms with van der Waals surface area (Å²) in [5.41, 5.74) is 3.82. The normalized spacial score (nSPS) is 22.4. The molecule has 1 aromatic heterocycles. The predicted octanol–water partition coefficient (Wildman–Crippen LogP) is 3.63. The molecule has 3 nitrogen and oxygen atoms in total. The second-order valence-electron chi connectivity index (χ2n) is 5.83. The van der Waals surface area contributed by atoms with Gasteiger partial charge in [-0.05, 0) is 37.3 Å². The molecule has 1 aromatic carbocycles. The van der Waals surface area contributed by atoms with Crippen molar-refractivity contribution in [1.29, 1.82) is 0 Å². The Bertz CT molecular complexity index is 629. The van der Waals surface area contributed by atoms with E-state index in [2.05, 4.69) is 30.1 Å². The predicted molar refractivity (Wildman–Crippen MR) is 75.5 cm³/mol. The number of hydrogen-bond donors (Lipinski definition) is 2. The van der Waals surface area contributed by atoms with E-state index < -0.39 is 5.97 Å². The van der Waals surface area contributed by atoms with Crippen LogP contribution in [0.1, 0.15) is 43.9 Å². The quantitative estimate of drug-likeness (QED) is 0.882. The smallest absolute Gasteiger partial charge is 0.303 e. The number of H-pyrrole nitrogens is 1. The lowest BCUT2D eigenvalue weighted by molar-refractivity contribution is -0.137. The van der Waals surface area contributed by atoms with E-state index in [0.29, 0.717) is 6.42 Å². The van der Waals surface area contributed by atoms with Crippen LogP contribution in [0.4, 0.5) is 0 Å². The number of hydrogen-bond acceptors (Lipinski definition) is 1. The van der Waals surface area contributed by atoms with Gasteiger partial charge in [-0.1, -0.05) is 25.1 Å². The fourth-order valence-electron chi connectivity index (χ4n) is 3.39. The molecule has 3 heteroatoms. The highest BCUT2D eigenvalue weighted by Crippen LogP contribution is 2.42. The summed E-state index contributed by atoms with van der Waals surface area (Å²) in [6.45, 7) is 2.20. The lowest BCUT2D eigenvalue weighted by Gasteiger charge is -2.33. The van der Waals surface area contributed by atoms with Crippen LogP contribution in [0.25, 0.3) is 10.9 Å². The van der Waals surface area contributed by atoms with E-state index in [1.807, 2.05) is 6.07 Å². The van der Waals surface area contributed by atoms with Crippen LogP contribution in [0, 0.1) is 0 Å². The topological polar surface area (TPSA) is 53.1 Å². The first kappa shape index (κ1) is 12.3. The monoisotopic (exact) mass is 257 g/mol. The van der Waals surface area contributed by atoms with Crippen molar-refractivity contribution in [3.8, 4) is 0 Å². The summed E-state index contributed by atoms with van der Waals surface area (Å²) in [7, 11) is 0. The highest BCUT2D eigenvalue weighted by atomic mass is 16.4. The number of aromatic amines is 1. The zero-order chi connectivity index (χ0) is 13.5. The molecule has 0 radical (unpaired) electrons. The molecule has 0 saturated heterocycles. The molecule has 100 valence electrons. The van der Waals surface area contributed by atoms with E-state index >= 15 is 0 Å². The summed E-state index contributed by atoms with van der Waals surface area (Å²) in [4.78, 5) is 14.4. The first-order chi connectivity index (χ1) is 9.10. The number of aromatic nitrogens is 1. The standard InChI is InChI=1S/C16H19NO2/c1-16(10-8-14(18)19)9-4-6-12-11-5-2-3-7-13(11)17-15(12)16/h2-3,5,7,17H,4,6,8-10H2,1H3,(H,18,19). The molecule has 1 unspecified atom stereocenters. The van der Waals surface area contributed by atoms with Crippen molar-refractivity contribution >= 4 is 16.9 Å². The van der Waals surface area contributed by atoms with E-state index in [1.54, 1.807) is 0 Å². The Morgan fingerprint density at radius 3 is 3.00 bits per heavy atom. The maximum atomic E-state index is 10.9. The van der Waals surface area contributed by atoms with Crippen molar-refractivity contribution < 1.29 is 9.90 Å². The average molecular weight is 257 g/mol. The minimum Gasteiger partial charge on any atom is -0.481 e. The van der Waals surface area contributed by atoms with Gasteiger partial charge in [0.15, 0.2) is 0 Å². The van der Waals surface area contributed by atoms with Gasteiger partial charge in [0.05, 0.1) is 0 Å². The van der Waals surface area contributed by atoms with Gasteiger partial charge in [-0.15, -0.1) is 0 Å². The van der Waals surface area contributed by atoms with Gasteiger partial charge in [0.2, 0.25) is 0 Å². The van der Waals surface area contributed by atoms with E-state index in [4.69, 9.17) is 5.11 Å². The number of carboxylic acids is 1. The van der Waals surface area contributed by atoms with Gasteiger partial charge in [0.1, 0.15) is 0 Å². The van der Waals surface area contributed by atoms with Gasteiger partial charge >= 0.3 is 5.97 Å². The van der Waals surface area contributed by atoms with Crippen molar-refractivity contribution in [2.75, 3.05) is 0 Å². The zero-order valence-electron chi connectivity index (χ0n) is 11.2. The number of carboxylic acid groups (broad SMARTS) is 1. The van der Waals surface area contributed by atoms with Gasteiger partial charge in [-0.2, -0.15) is 0 Å². The molecule has 0 bridgehead atoms. The summed E-state index contributed by atoms with van der Waals surface area (Å²) in [6.07, 6.45) is 4.26. The van der Waals surface area contributed by atoms with Crippen LogP contribution in [0.3, 0.4) is 0 Å². The molecule has 3 rings (SSSR count). The number of nitrogens with one attached hydrogen (secondary N) is 1. The van der Waals surface area contributed by atoms with Crippen LogP contribution in [-0.4, -0.2) is 16.1 Å². The molecule has 0 spiro atoms. The van der Waals surface area contributed by atoms with Crippen LogP contribution in [0.15, 0.2) is 24.3 Å². The molecule has 1 heterocycles. The molecule has 1 aliphatic rings. The van der Waals surface area contributed by atoms with Gasteiger partial charge < -0.3 is 10.1 Å². The fourth-order valence-corrected chi connectivity index (χ4v) is 3.39. The Kier molecular flexibility index (Phi) is 2.85. The molecule has 0 amide bonds. The highest BCUT2D eigenvalue weighted by molar-refractivity contribution is 5.85. The Morgan fingerprint density at radius 1 is 1.42 bits per heavy atom. The van der Waals surface area contributed by atoms with E-state index in [0.717, 1.165) is 19.3 Å². The summed E-state index contributed by atoms with van der Waals surface area (Å²) in [6, 6.07) is 8.37. The lowest BCUT2D eigenvalue weighted by atomic mass is 9.72. The number of fused-ring (bicyclic) bond motifs is 3. The minimum absolute atomic E-state index is 0.0228. The van der Waals surface area contributed by atoms with Gasteiger partial charge in [0.25, 0.3) is 0 Å². The van der Waals surface area contributed by atoms with E-state index in [-0.39, 0.29) is 11.8 Å². The summed E-state index contributed by atoms with van der Waals surface area (Å²) in [5.74, 6) is -0.704. The van der Waals surface area contributed by atoms with Crippen molar-refractivity contribution in [3.05, 3.63) is 35.5 Å². The fraction of sp³-hybridized carbons (Fsp3) is 0.438. The summed E-state index contributed by atoms with van der Waals surface area (Å²) < 4.78 is 0. The van der Waals surface area contributed by atoms with Gasteiger partial charge in [-0.3, -0.25) is 4.79 Å². The molecule has 2 N–H and O–H groups in total. The summed E-state index contributed by atoms with van der Waals surface area (Å²) >= 11 is 0. The Morgan fingerprint density at radius 2 is 2.21 bits per heavy atom. The van der Waals surface area contributed by atoms with Crippen molar-refractivity contribution in [2.24, 2.45) is 0 Å². The number of para-hydroxylation sites is 1. The summed E-state index contributed by atoms with van der Waals surface area (Å²) in [5, 5.41) is 10.2. The first-order valence-electron chi connectivity index (χ1n) is 6.92. The van der Waals surface area contributed by atoms with Crippen LogP contribution in [0.2, 0.25) is 0 Å². The van der Waals surface area contributed by atoms with Gasteiger partial charge in [-0.25, -0.2) is 0 Å². The van der Waals surface area contributed by atoms with Crippen molar-refractivity contribution in [2.45, 2.75) is 44.4 Å². The lowest BCUT2D eigenvalue weighted by Crippen LogP contribution is -2.28. The van der Waals surface area contributed by atoms with Crippen molar-refractivity contribution in [3.63, 3.8) is 0 Å². The number of carbonyl (C=O) groups is 1. The van der Waals surface area contributed by atoms with Crippen LogP contribution in [-0.2, 0) is 16.6 Å². The number of rotatable bonds is 3. The Hall–Kier alpha value is -1.77. The molecule has 0 aliphatic heterocycles. The third kappa shape index (κ3) is 2.03. The molecule has 0 saturated carbocycles. The van der Waals surface area contributed by atoms with Crippen LogP contribution in [0.5, 0.6) is 0 Å². The third-order valence-corrected chi connectivity index (χ3v) is 4.46. The highest BCUT2D eigenvalue weighted by Gasteiger charge is 2.34. The second-order valence-corrected chi connectivity index (χ2v) is 5.83. The SMILES string of the molecule is CC1(CCC(=O)O)CCCc2c1[nH]c1ccccc21. The largest absolute Gasteiger partial charge is 0.481 e. The first-order valence-corrected chi connectivity index (χ1v) is 6.92. The van der Waals surface area contributed by atoms with E-state index in [9.17, 15) is 4.79 Å². The maximum absolute atomic E-state index is 10.9.